The number of hydrogen-bond acceptors (Lipinski definition) is 6. The van der Waals surface area contributed by atoms with E-state index >= 15 is 0 Å². The number of hydrogen-bond donors (Lipinski definition) is 3. The van der Waals surface area contributed by atoms with Crippen LogP contribution in [0.25, 0.3) is 0 Å². The molecular formula is C20H31N5O4. The summed E-state index contributed by atoms with van der Waals surface area (Å²) in [6, 6.07) is 4.44. The molecule has 0 unspecified atom stereocenters. The molecule has 0 saturated carbocycles. The van der Waals surface area contributed by atoms with Crippen molar-refractivity contribution in [3.05, 3.63) is 29.8 Å². The molecule has 0 aliphatic carbocycles. The average Bonchev–Trinajstić information content (AvgIpc) is 2.68. The summed E-state index contributed by atoms with van der Waals surface area (Å²) >= 11 is 0. The zero-order valence-electron chi connectivity index (χ0n) is 17.2. The monoisotopic (exact) mass is 405 g/mol. The van der Waals surface area contributed by atoms with E-state index in [1.165, 1.54) is 19.2 Å². The van der Waals surface area contributed by atoms with Crippen molar-refractivity contribution in [3.63, 3.8) is 0 Å². The molecule has 29 heavy (non-hydrogen) atoms. The van der Waals surface area contributed by atoms with Crippen LogP contribution in [0.2, 0.25) is 0 Å². The Bertz CT molecular complexity index is 714. The average molecular weight is 405 g/mol. The Kier molecular flexibility index (Phi) is 9.81. The summed E-state index contributed by atoms with van der Waals surface area (Å²) in [6.45, 7) is 4.13. The summed E-state index contributed by atoms with van der Waals surface area (Å²) in [5.74, 6) is -0.508. The van der Waals surface area contributed by atoms with Gasteiger partial charge in [0.25, 0.3) is 5.91 Å². The van der Waals surface area contributed by atoms with Crippen LogP contribution in [0, 0.1) is 5.92 Å². The summed E-state index contributed by atoms with van der Waals surface area (Å²) in [5.41, 5.74) is 16.9. The van der Waals surface area contributed by atoms with Crippen molar-refractivity contribution in [3.8, 4) is 5.75 Å². The Hall–Kier alpha value is -2.94. The Morgan fingerprint density at radius 3 is 2.31 bits per heavy atom. The lowest BCUT2D eigenvalue weighted by Gasteiger charge is -2.29. The lowest BCUT2D eigenvalue weighted by Crippen LogP contribution is -2.52. The first-order valence-corrected chi connectivity index (χ1v) is 9.49. The molecule has 2 amide bonds. The molecule has 0 spiro atoms. The van der Waals surface area contributed by atoms with E-state index in [0.717, 1.165) is 4.90 Å². The Balaban J connectivity index is 3.13. The molecule has 6 N–H and O–H groups in total. The molecule has 0 saturated heterocycles. The normalized spacial score (nSPS) is 12.7. The molecule has 160 valence electrons. The van der Waals surface area contributed by atoms with Crippen molar-refractivity contribution in [2.75, 3.05) is 13.7 Å². The van der Waals surface area contributed by atoms with Crippen molar-refractivity contribution in [1.82, 2.24) is 4.90 Å². The van der Waals surface area contributed by atoms with Gasteiger partial charge in [-0.25, -0.2) is 0 Å². The number of guanidine groups is 1. The number of rotatable bonds is 11. The van der Waals surface area contributed by atoms with Crippen LogP contribution >= 0.6 is 0 Å². The topological polar surface area (TPSA) is 154 Å². The Labute approximate surface area is 171 Å². The predicted molar refractivity (Wildman–Crippen MR) is 111 cm³/mol. The minimum atomic E-state index is -0.968. The van der Waals surface area contributed by atoms with E-state index in [9.17, 15) is 14.4 Å². The summed E-state index contributed by atoms with van der Waals surface area (Å²) < 4.78 is 5.09. The van der Waals surface area contributed by atoms with E-state index in [1.807, 2.05) is 13.8 Å². The maximum Gasteiger partial charge on any atom is 0.261 e. The molecule has 2 atom stereocenters. The number of nitrogens with zero attached hydrogens (tertiary/aromatic N) is 2. The molecule has 0 bridgehead atoms. The maximum absolute atomic E-state index is 13.1. The van der Waals surface area contributed by atoms with E-state index in [1.54, 1.807) is 12.1 Å². The van der Waals surface area contributed by atoms with Gasteiger partial charge in [0.2, 0.25) is 5.91 Å². The Morgan fingerprint density at radius 2 is 1.83 bits per heavy atom. The predicted octanol–water partition coefficient (Wildman–Crippen LogP) is 0.659. The second-order valence-corrected chi connectivity index (χ2v) is 7.13. The minimum Gasteiger partial charge on any atom is -0.497 e. The number of ether oxygens (including phenoxy) is 1. The minimum absolute atomic E-state index is 0.0612. The van der Waals surface area contributed by atoms with Crippen molar-refractivity contribution in [2.45, 2.75) is 45.2 Å². The standard InChI is InChI=1S/C20H31N5O4/c1-13(2)11-17(21)19(28)25(15(12-26)5-4-10-24-20(22)23)18(27)14-6-8-16(29-3)9-7-14/h6-9,12-13,15,17H,4-5,10-11,21H2,1-3H3,(H4,22,23,24)/t15-,17-/m0/s1. The summed E-state index contributed by atoms with van der Waals surface area (Å²) in [6.07, 6.45) is 1.62. The van der Waals surface area contributed by atoms with Crippen molar-refractivity contribution in [1.29, 1.82) is 0 Å². The van der Waals surface area contributed by atoms with Gasteiger partial charge in [0.15, 0.2) is 5.96 Å². The van der Waals surface area contributed by atoms with Crippen LogP contribution in [0.15, 0.2) is 29.3 Å². The number of imide groups is 1. The van der Waals surface area contributed by atoms with E-state index < -0.39 is 23.9 Å². The highest BCUT2D eigenvalue weighted by Crippen LogP contribution is 2.18. The van der Waals surface area contributed by atoms with Crippen LogP contribution in [0.5, 0.6) is 5.75 Å². The van der Waals surface area contributed by atoms with E-state index in [4.69, 9.17) is 21.9 Å². The largest absolute Gasteiger partial charge is 0.497 e. The maximum atomic E-state index is 13.1. The molecule has 0 aliphatic rings. The van der Waals surface area contributed by atoms with Crippen LogP contribution in [0.3, 0.4) is 0 Å². The second-order valence-electron chi connectivity index (χ2n) is 7.13. The fourth-order valence-corrected chi connectivity index (χ4v) is 2.84. The third kappa shape index (κ3) is 7.53. The van der Waals surface area contributed by atoms with Gasteiger partial charge >= 0.3 is 0 Å². The molecule has 9 nitrogen and oxygen atoms in total. The zero-order chi connectivity index (χ0) is 22.0. The van der Waals surface area contributed by atoms with Gasteiger partial charge in [-0.2, -0.15) is 0 Å². The van der Waals surface area contributed by atoms with E-state index in [0.29, 0.717) is 24.9 Å². The number of nitrogens with two attached hydrogens (primary N) is 3. The van der Waals surface area contributed by atoms with Crippen LogP contribution < -0.4 is 21.9 Å². The van der Waals surface area contributed by atoms with Crippen molar-refractivity contribution >= 4 is 24.1 Å². The molecule has 0 fully saturated rings. The number of aliphatic imine (C=N–C) groups is 1. The number of carbonyl (C=O) groups is 3. The van der Waals surface area contributed by atoms with Gasteiger partial charge < -0.3 is 26.7 Å². The first-order chi connectivity index (χ1) is 13.7. The zero-order valence-corrected chi connectivity index (χ0v) is 17.2. The fourth-order valence-electron chi connectivity index (χ4n) is 2.84. The van der Waals surface area contributed by atoms with E-state index in [-0.39, 0.29) is 30.4 Å². The first-order valence-electron chi connectivity index (χ1n) is 9.49. The van der Waals surface area contributed by atoms with Crippen LogP contribution in [-0.4, -0.2) is 54.7 Å². The summed E-state index contributed by atoms with van der Waals surface area (Å²) in [7, 11) is 1.51. The highest BCUT2D eigenvalue weighted by Gasteiger charge is 2.33. The van der Waals surface area contributed by atoms with Gasteiger partial charge in [-0.3, -0.25) is 19.5 Å². The Morgan fingerprint density at radius 1 is 1.21 bits per heavy atom. The summed E-state index contributed by atoms with van der Waals surface area (Å²) in [5, 5.41) is 0. The lowest BCUT2D eigenvalue weighted by atomic mass is 10.0. The highest BCUT2D eigenvalue weighted by atomic mass is 16.5. The molecule has 1 aromatic rings. The molecule has 9 heteroatoms. The second kappa shape index (κ2) is 11.8. The van der Waals surface area contributed by atoms with Crippen LogP contribution in [0.4, 0.5) is 0 Å². The fraction of sp³-hybridized carbons (Fsp3) is 0.500. The van der Waals surface area contributed by atoms with Gasteiger partial charge in [0.1, 0.15) is 12.0 Å². The van der Waals surface area contributed by atoms with Gasteiger partial charge in [0, 0.05) is 12.1 Å². The SMILES string of the molecule is COc1ccc(C(=O)N(C(=O)[C@@H](N)CC(C)C)[C@H](C=O)CCCN=C(N)N)cc1. The van der Waals surface area contributed by atoms with Gasteiger partial charge in [0.05, 0.1) is 19.2 Å². The molecule has 0 radical (unpaired) electrons. The van der Waals surface area contributed by atoms with Crippen LogP contribution in [-0.2, 0) is 9.59 Å². The van der Waals surface area contributed by atoms with Crippen molar-refractivity contribution in [2.24, 2.45) is 28.1 Å². The van der Waals surface area contributed by atoms with Gasteiger partial charge in [-0.1, -0.05) is 13.8 Å². The molecule has 0 aliphatic heterocycles. The third-order valence-electron chi connectivity index (χ3n) is 4.28. The van der Waals surface area contributed by atoms with Gasteiger partial charge in [-0.15, -0.1) is 0 Å². The number of methoxy groups -OCH3 is 1. The van der Waals surface area contributed by atoms with Crippen LogP contribution in [0.1, 0.15) is 43.5 Å². The molecule has 0 aromatic heterocycles. The highest BCUT2D eigenvalue weighted by molar-refractivity contribution is 6.07. The third-order valence-corrected chi connectivity index (χ3v) is 4.28. The molecule has 1 aromatic carbocycles. The summed E-state index contributed by atoms with van der Waals surface area (Å²) in [4.78, 5) is 42.7. The number of carbonyl (C=O) groups excluding carboxylic acids is 3. The molecular weight excluding hydrogens is 374 g/mol. The number of aldehydes is 1. The van der Waals surface area contributed by atoms with Crippen molar-refractivity contribution < 1.29 is 19.1 Å². The first kappa shape index (κ1) is 24.1. The lowest BCUT2D eigenvalue weighted by molar-refractivity contribution is -0.135. The smallest absolute Gasteiger partial charge is 0.261 e. The van der Waals surface area contributed by atoms with E-state index in [2.05, 4.69) is 4.99 Å². The molecule has 1 rings (SSSR count). The quantitative estimate of drug-likeness (QED) is 0.211. The number of benzene rings is 1. The number of amides is 2. The van der Waals surface area contributed by atoms with Gasteiger partial charge in [-0.05, 0) is 49.4 Å². The molecule has 0 heterocycles.